The van der Waals surface area contributed by atoms with Crippen molar-refractivity contribution in [3.63, 3.8) is 0 Å². The first kappa shape index (κ1) is 21.5. The topological polar surface area (TPSA) is 116 Å². The van der Waals surface area contributed by atoms with Crippen molar-refractivity contribution >= 4 is 34.7 Å². The molecule has 0 aliphatic carbocycles. The van der Waals surface area contributed by atoms with Crippen LogP contribution in [-0.2, 0) is 29.2 Å². The second kappa shape index (κ2) is 10.0. The lowest BCUT2D eigenvalue weighted by atomic mass is 10.0. The van der Waals surface area contributed by atoms with Crippen LogP contribution >= 0.6 is 11.3 Å². The van der Waals surface area contributed by atoms with E-state index >= 15 is 0 Å². The van der Waals surface area contributed by atoms with Gasteiger partial charge in [0, 0.05) is 11.3 Å². The van der Waals surface area contributed by atoms with Gasteiger partial charge in [0.2, 0.25) is 11.9 Å². The highest BCUT2D eigenvalue weighted by Crippen LogP contribution is 2.30. The second-order valence-corrected chi connectivity index (χ2v) is 7.98. The third-order valence-electron chi connectivity index (χ3n) is 4.78. The smallest absolute Gasteiger partial charge is 0.228 e. The van der Waals surface area contributed by atoms with Gasteiger partial charge < -0.3 is 21.5 Å². The van der Waals surface area contributed by atoms with Gasteiger partial charge in [-0.15, -0.1) is 0 Å². The molecule has 0 aliphatic rings. The van der Waals surface area contributed by atoms with E-state index in [9.17, 15) is 4.79 Å². The number of rotatable bonds is 8. The molecule has 0 unspecified atom stereocenters. The molecular formula is C24H23N5O2S. The summed E-state index contributed by atoms with van der Waals surface area (Å²) in [5, 5.41) is 6.83. The monoisotopic (exact) mass is 445 g/mol. The fraction of sp³-hybridized carbons (Fsp3) is 0.125. The van der Waals surface area contributed by atoms with Crippen LogP contribution in [0.4, 0.5) is 17.5 Å². The Bertz CT molecular complexity index is 1180. The number of aromatic nitrogens is 2. The maximum Gasteiger partial charge on any atom is 0.228 e. The van der Waals surface area contributed by atoms with Gasteiger partial charge in [-0.3, -0.25) is 4.79 Å². The predicted molar refractivity (Wildman–Crippen MR) is 128 cm³/mol. The summed E-state index contributed by atoms with van der Waals surface area (Å²) in [6.45, 7) is 0.680. The van der Waals surface area contributed by atoms with E-state index in [0.29, 0.717) is 30.0 Å². The normalized spacial score (nSPS) is 10.8. The Morgan fingerprint density at radius 2 is 1.72 bits per heavy atom. The van der Waals surface area contributed by atoms with E-state index in [1.165, 1.54) is 0 Å². The molecule has 32 heavy (non-hydrogen) atoms. The van der Waals surface area contributed by atoms with Crippen LogP contribution < -0.4 is 16.8 Å². The van der Waals surface area contributed by atoms with Gasteiger partial charge in [-0.2, -0.15) is 16.3 Å². The summed E-state index contributed by atoms with van der Waals surface area (Å²) in [4.78, 5) is 20.7. The molecule has 0 bridgehead atoms. The molecule has 0 aliphatic heterocycles. The summed E-state index contributed by atoms with van der Waals surface area (Å²) in [6, 6.07) is 19.2. The molecule has 8 heteroatoms. The molecule has 7 nitrogen and oxygen atoms in total. The number of benzene rings is 2. The minimum atomic E-state index is -0.0681. The maximum absolute atomic E-state index is 12.2. The molecule has 1 amide bonds. The molecule has 2 aromatic heterocycles. The van der Waals surface area contributed by atoms with Crippen LogP contribution in [-0.4, -0.2) is 15.9 Å². The van der Waals surface area contributed by atoms with Gasteiger partial charge >= 0.3 is 0 Å². The molecule has 0 atom stereocenters. The quantitative estimate of drug-likeness (QED) is 0.373. The summed E-state index contributed by atoms with van der Waals surface area (Å²) in [5.74, 6) is 0.313. The predicted octanol–water partition coefficient (Wildman–Crippen LogP) is 4.27. The fourth-order valence-corrected chi connectivity index (χ4v) is 3.98. The van der Waals surface area contributed by atoms with Crippen molar-refractivity contribution in [2.24, 2.45) is 0 Å². The van der Waals surface area contributed by atoms with Gasteiger partial charge in [-0.1, -0.05) is 42.5 Å². The van der Waals surface area contributed by atoms with Crippen molar-refractivity contribution in [2.45, 2.75) is 19.6 Å². The van der Waals surface area contributed by atoms with Crippen molar-refractivity contribution in [2.75, 3.05) is 16.8 Å². The Morgan fingerprint density at radius 1 is 0.938 bits per heavy atom. The second-order valence-electron chi connectivity index (χ2n) is 7.20. The van der Waals surface area contributed by atoms with Crippen LogP contribution in [0.15, 0.2) is 71.4 Å². The van der Waals surface area contributed by atoms with Crippen molar-refractivity contribution in [3.8, 4) is 11.1 Å². The molecular weight excluding hydrogens is 422 g/mol. The number of nitrogens with zero attached hydrogens (tertiary/aromatic N) is 2. The number of nitrogens with one attached hydrogen (secondary N) is 1. The first-order chi connectivity index (χ1) is 15.6. The van der Waals surface area contributed by atoms with Gasteiger partial charge in [0.05, 0.1) is 25.3 Å². The fourth-order valence-electron chi connectivity index (χ4n) is 3.31. The van der Waals surface area contributed by atoms with Gasteiger partial charge in [0.1, 0.15) is 5.82 Å². The van der Waals surface area contributed by atoms with Gasteiger partial charge in [0.15, 0.2) is 0 Å². The number of nitrogens with two attached hydrogens (primary N) is 2. The van der Waals surface area contributed by atoms with Gasteiger partial charge in [0.25, 0.3) is 0 Å². The number of anilines is 3. The number of hydrogen-bond acceptors (Lipinski definition) is 7. The molecule has 162 valence electrons. The average Bonchev–Trinajstić information content (AvgIpc) is 3.28. The van der Waals surface area contributed by atoms with E-state index in [1.54, 1.807) is 11.3 Å². The van der Waals surface area contributed by atoms with Crippen molar-refractivity contribution in [3.05, 3.63) is 88.2 Å². The molecule has 0 spiro atoms. The first-order valence-corrected chi connectivity index (χ1v) is 11.0. The highest BCUT2D eigenvalue weighted by molar-refractivity contribution is 7.08. The Morgan fingerprint density at radius 3 is 2.44 bits per heavy atom. The average molecular weight is 446 g/mol. The van der Waals surface area contributed by atoms with E-state index in [1.807, 2.05) is 71.4 Å². The third-order valence-corrected chi connectivity index (χ3v) is 5.51. The Balaban J connectivity index is 1.47. The number of ether oxygens (including phenoxy) is 1. The number of thiophene rings is 1. The molecule has 4 rings (SSSR count). The van der Waals surface area contributed by atoms with Crippen molar-refractivity contribution < 1.29 is 9.53 Å². The summed E-state index contributed by atoms with van der Waals surface area (Å²) in [7, 11) is 0. The summed E-state index contributed by atoms with van der Waals surface area (Å²) < 4.78 is 5.85. The lowest BCUT2D eigenvalue weighted by molar-refractivity contribution is -0.115. The van der Waals surface area contributed by atoms with Crippen LogP contribution in [0.2, 0.25) is 0 Å². The van der Waals surface area contributed by atoms with Crippen LogP contribution in [0.3, 0.4) is 0 Å². The van der Waals surface area contributed by atoms with E-state index < -0.39 is 0 Å². The SMILES string of the molecule is Nc1nc(N)c(-c2ccc(NC(=O)Cc3ccsc3)cc2)c(COCc2ccccc2)n1. The third kappa shape index (κ3) is 5.48. The lowest BCUT2D eigenvalue weighted by Crippen LogP contribution is -2.13. The molecule has 0 radical (unpaired) electrons. The van der Waals surface area contributed by atoms with E-state index in [-0.39, 0.29) is 24.3 Å². The summed E-state index contributed by atoms with van der Waals surface area (Å²) in [6.07, 6.45) is 0.340. The Kier molecular flexibility index (Phi) is 6.74. The molecule has 2 heterocycles. The van der Waals surface area contributed by atoms with Crippen LogP contribution in [0.5, 0.6) is 0 Å². The summed E-state index contributed by atoms with van der Waals surface area (Å²) in [5.41, 5.74) is 16.9. The molecule has 0 saturated heterocycles. The minimum absolute atomic E-state index is 0.0681. The van der Waals surface area contributed by atoms with Crippen molar-refractivity contribution in [1.82, 2.24) is 9.97 Å². The van der Waals surface area contributed by atoms with E-state index in [0.717, 1.165) is 16.7 Å². The highest BCUT2D eigenvalue weighted by atomic mass is 32.1. The number of carbonyl (C=O) groups excluding carboxylic acids is 1. The van der Waals surface area contributed by atoms with Crippen molar-refractivity contribution in [1.29, 1.82) is 0 Å². The van der Waals surface area contributed by atoms with E-state index in [2.05, 4.69) is 15.3 Å². The molecule has 4 aromatic rings. The Labute approximate surface area is 190 Å². The zero-order valence-electron chi connectivity index (χ0n) is 17.3. The number of carbonyl (C=O) groups is 1. The van der Waals surface area contributed by atoms with Crippen LogP contribution in [0.25, 0.3) is 11.1 Å². The molecule has 0 saturated carbocycles. The zero-order valence-corrected chi connectivity index (χ0v) is 18.1. The largest absolute Gasteiger partial charge is 0.383 e. The highest BCUT2D eigenvalue weighted by Gasteiger charge is 2.14. The standard InChI is InChI=1S/C24H23N5O2S/c25-23-22(20(28-24(26)29-23)14-31-13-16-4-2-1-3-5-16)18-6-8-19(9-7-18)27-21(30)12-17-10-11-32-15-17/h1-11,15H,12-14H2,(H,27,30)(H4,25,26,28,29). The lowest BCUT2D eigenvalue weighted by Gasteiger charge is -2.13. The first-order valence-electron chi connectivity index (χ1n) is 10.0. The zero-order chi connectivity index (χ0) is 22.3. The van der Waals surface area contributed by atoms with E-state index in [4.69, 9.17) is 16.2 Å². The molecule has 2 aromatic carbocycles. The number of hydrogen-bond donors (Lipinski definition) is 3. The van der Waals surface area contributed by atoms with Gasteiger partial charge in [-0.05, 0) is 45.6 Å². The van der Waals surface area contributed by atoms with Crippen LogP contribution in [0.1, 0.15) is 16.8 Å². The minimum Gasteiger partial charge on any atom is -0.383 e. The number of nitrogen functional groups attached to an aromatic ring is 2. The molecule has 0 fully saturated rings. The maximum atomic E-state index is 12.2. The summed E-state index contributed by atoms with van der Waals surface area (Å²) >= 11 is 1.57. The number of amides is 1. The van der Waals surface area contributed by atoms with Gasteiger partial charge in [-0.25, -0.2) is 4.98 Å². The Hall–Kier alpha value is -3.75. The van der Waals surface area contributed by atoms with Crippen LogP contribution in [0, 0.1) is 0 Å². The molecule has 5 N–H and O–H groups in total.